The van der Waals surface area contributed by atoms with Crippen LogP contribution in [0.4, 0.5) is 0 Å². The first-order valence-corrected chi connectivity index (χ1v) is 8.37. The Hall–Kier alpha value is -1.13. The molecule has 0 aliphatic carbocycles. The first-order valence-electron chi connectivity index (χ1n) is 7.58. The molecular formula is C17H24BrN3. The number of hydrogen-bond acceptors (Lipinski definition) is 2. The van der Waals surface area contributed by atoms with Crippen LogP contribution in [0.5, 0.6) is 0 Å². The molecule has 0 saturated carbocycles. The van der Waals surface area contributed by atoms with Gasteiger partial charge in [0, 0.05) is 29.2 Å². The number of likely N-dealkylation sites (N-methyl/N-ethyl adjacent to an activating group) is 1. The molecule has 1 atom stereocenters. The van der Waals surface area contributed by atoms with Crippen molar-refractivity contribution in [2.24, 2.45) is 0 Å². The molecule has 1 aromatic heterocycles. The third kappa shape index (κ3) is 3.55. The SMILES string of the molecule is CCc1cc(CC(NC)c2cccc(Br)c2C)n(CC)n1. The van der Waals surface area contributed by atoms with E-state index in [1.165, 1.54) is 27.0 Å². The minimum atomic E-state index is 0.300. The average molecular weight is 350 g/mol. The summed E-state index contributed by atoms with van der Waals surface area (Å²) in [5.74, 6) is 0. The highest BCUT2D eigenvalue weighted by atomic mass is 79.9. The highest BCUT2D eigenvalue weighted by molar-refractivity contribution is 9.10. The van der Waals surface area contributed by atoms with Gasteiger partial charge in [-0.3, -0.25) is 4.68 Å². The lowest BCUT2D eigenvalue weighted by Gasteiger charge is -2.20. The maximum atomic E-state index is 4.65. The molecule has 0 amide bonds. The second-order valence-corrected chi connectivity index (χ2v) is 6.15. The van der Waals surface area contributed by atoms with Crippen molar-refractivity contribution in [2.75, 3.05) is 7.05 Å². The summed E-state index contributed by atoms with van der Waals surface area (Å²) >= 11 is 3.63. The van der Waals surface area contributed by atoms with Crippen LogP contribution in [0.15, 0.2) is 28.7 Å². The van der Waals surface area contributed by atoms with E-state index in [0.29, 0.717) is 6.04 Å². The van der Waals surface area contributed by atoms with Gasteiger partial charge in [-0.15, -0.1) is 0 Å². The molecule has 0 aliphatic heterocycles. The van der Waals surface area contributed by atoms with Crippen molar-refractivity contribution in [1.29, 1.82) is 0 Å². The molecule has 0 aliphatic rings. The van der Waals surface area contributed by atoms with E-state index >= 15 is 0 Å². The fourth-order valence-corrected chi connectivity index (χ4v) is 3.09. The van der Waals surface area contributed by atoms with E-state index in [1.54, 1.807) is 0 Å². The molecule has 0 radical (unpaired) electrons. The molecule has 21 heavy (non-hydrogen) atoms. The van der Waals surface area contributed by atoms with Gasteiger partial charge in [0.15, 0.2) is 0 Å². The van der Waals surface area contributed by atoms with Gasteiger partial charge in [0.25, 0.3) is 0 Å². The molecule has 2 aromatic rings. The smallest absolute Gasteiger partial charge is 0.0624 e. The van der Waals surface area contributed by atoms with E-state index in [9.17, 15) is 0 Å². The number of nitrogens with zero attached hydrogens (tertiary/aromatic N) is 2. The summed E-state index contributed by atoms with van der Waals surface area (Å²) in [6.45, 7) is 7.39. The zero-order valence-corrected chi connectivity index (χ0v) is 14.9. The molecule has 2 rings (SSSR count). The monoisotopic (exact) mass is 349 g/mol. The molecular weight excluding hydrogens is 326 g/mol. The van der Waals surface area contributed by atoms with Crippen molar-refractivity contribution in [2.45, 2.75) is 46.2 Å². The van der Waals surface area contributed by atoms with Gasteiger partial charge in [-0.2, -0.15) is 5.10 Å². The number of nitrogens with one attached hydrogen (secondary N) is 1. The summed E-state index contributed by atoms with van der Waals surface area (Å²) in [6.07, 6.45) is 1.94. The van der Waals surface area contributed by atoms with Gasteiger partial charge in [0.1, 0.15) is 0 Å². The molecule has 1 unspecified atom stereocenters. The van der Waals surface area contributed by atoms with Crippen LogP contribution >= 0.6 is 15.9 Å². The van der Waals surface area contributed by atoms with Gasteiger partial charge >= 0.3 is 0 Å². The molecule has 0 saturated heterocycles. The Kier molecular flexibility index (Phi) is 5.59. The summed E-state index contributed by atoms with van der Waals surface area (Å²) in [6, 6.07) is 8.94. The lowest BCUT2D eigenvalue weighted by Crippen LogP contribution is -2.21. The van der Waals surface area contributed by atoms with Crippen LogP contribution in [-0.4, -0.2) is 16.8 Å². The van der Waals surface area contributed by atoms with E-state index in [0.717, 1.165) is 19.4 Å². The van der Waals surface area contributed by atoms with Crippen molar-refractivity contribution >= 4 is 15.9 Å². The van der Waals surface area contributed by atoms with Gasteiger partial charge in [-0.1, -0.05) is 35.0 Å². The third-order valence-electron chi connectivity index (χ3n) is 4.02. The van der Waals surface area contributed by atoms with Gasteiger partial charge in [-0.05, 0) is 50.6 Å². The maximum Gasteiger partial charge on any atom is 0.0624 e. The third-order valence-corrected chi connectivity index (χ3v) is 4.88. The predicted molar refractivity (Wildman–Crippen MR) is 91.7 cm³/mol. The predicted octanol–water partition coefficient (Wildman–Crippen LogP) is 4.04. The topological polar surface area (TPSA) is 29.9 Å². The summed E-state index contributed by atoms with van der Waals surface area (Å²) in [5.41, 5.74) is 5.12. The van der Waals surface area contributed by atoms with E-state index < -0.39 is 0 Å². The van der Waals surface area contributed by atoms with Crippen LogP contribution in [0, 0.1) is 6.92 Å². The Morgan fingerprint density at radius 3 is 2.71 bits per heavy atom. The molecule has 3 nitrogen and oxygen atoms in total. The largest absolute Gasteiger partial charge is 0.313 e. The van der Waals surface area contributed by atoms with E-state index in [-0.39, 0.29) is 0 Å². The van der Waals surface area contributed by atoms with Crippen molar-refractivity contribution in [1.82, 2.24) is 15.1 Å². The van der Waals surface area contributed by atoms with E-state index in [4.69, 9.17) is 0 Å². The zero-order chi connectivity index (χ0) is 15.4. The first kappa shape index (κ1) is 16.2. The van der Waals surface area contributed by atoms with Crippen molar-refractivity contribution in [3.8, 4) is 0 Å². The lowest BCUT2D eigenvalue weighted by atomic mass is 9.97. The van der Waals surface area contributed by atoms with Crippen LogP contribution < -0.4 is 5.32 Å². The van der Waals surface area contributed by atoms with Crippen LogP contribution in [0.3, 0.4) is 0 Å². The lowest BCUT2D eigenvalue weighted by molar-refractivity contribution is 0.538. The number of rotatable bonds is 6. The Bertz CT molecular complexity index is 604. The number of halogens is 1. The standard InChI is InChI=1S/C17H24BrN3/c1-5-13-10-14(21(6-2)20-13)11-17(19-4)15-8-7-9-16(18)12(15)3/h7-10,17,19H,5-6,11H2,1-4H3. The Morgan fingerprint density at radius 2 is 2.10 bits per heavy atom. The molecule has 4 heteroatoms. The minimum absolute atomic E-state index is 0.300. The zero-order valence-electron chi connectivity index (χ0n) is 13.3. The molecule has 0 spiro atoms. The van der Waals surface area contributed by atoms with Crippen LogP contribution in [0.25, 0.3) is 0 Å². The van der Waals surface area contributed by atoms with Gasteiger partial charge in [0.2, 0.25) is 0 Å². The fourth-order valence-electron chi connectivity index (χ4n) is 2.70. The van der Waals surface area contributed by atoms with Gasteiger partial charge in [-0.25, -0.2) is 0 Å². The van der Waals surface area contributed by atoms with Gasteiger partial charge < -0.3 is 5.32 Å². The normalized spacial score (nSPS) is 12.6. The van der Waals surface area contributed by atoms with Crippen LogP contribution in [0.2, 0.25) is 0 Å². The summed E-state index contributed by atoms with van der Waals surface area (Å²) < 4.78 is 3.29. The quantitative estimate of drug-likeness (QED) is 0.852. The number of aromatic nitrogens is 2. The number of benzene rings is 1. The fraction of sp³-hybridized carbons (Fsp3) is 0.471. The Morgan fingerprint density at radius 1 is 1.33 bits per heavy atom. The molecule has 1 aromatic carbocycles. The Labute approximate surface area is 135 Å². The molecule has 1 heterocycles. The molecule has 0 bridgehead atoms. The second kappa shape index (κ2) is 7.23. The van der Waals surface area contributed by atoms with Crippen molar-refractivity contribution in [3.05, 3.63) is 51.3 Å². The summed E-state index contributed by atoms with van der Waals surface area (Å²) in [4.78, 5) is 0. The van der Waals surface area contributed by atoms with Gasteiger partial charge in [0.05, 0.1) is 5.69 Å². The molecule has 1 N–H and O–H groups in total. The molecule has 114 valence electrons. The summed E-state index contributed by atoms with van der Waals surface area (Å²) in [7, 11) is 2.03. The number of hydrogen-bond donors (Lipinski definition) is 1. The van der Waals surface area contributed by atoms with Crippen molar-refractivity contribution < 1.29 is 0 Å². The van der Waals surface area contributed by atoms with Crippen LogP contribution in [0.1, 0.15) is 42.4 Å². The highest BCUT2D eigenvalue weighted by Gasteiger charge is 2.16. The first-order chi connectivity index (χ1) is 10.1. The number of aryl methyl sites for hydroxylation is 2. The minimum Gasteiger partial charge on any atom is -0.313 e. The van der Waals surface area contributed by atoms with E-state index in [1.807, 2.05) is 7.05 Å². The molecule has 0 fully saturated rings. The maximum absolute atomic E-state index is 4.65. The Balaban J connectivity index is 2.31. The van der Waals surface area contributed by atoms with Crippen molar-refractivity contribution in [3.63, 3.8) is 0 Å². The second-order valence-electron chi connectivity index (χ2n) is 5.30. The average Bonchev–Trinajstić information content (AvgIpc) is 2.90. The highest BCUT2D eigenvalue weighted by Crippen LogP contribution is 2.27. The van der Waals surface area contributed by atoms with Crippen LogP contribution in [-0.2, 0) is 19.4 Å². The van der Waals surface area contributed by atoms with E-state index in [2.05, 4.69) is 76.1 Å². The summed E-state index contributed by atoms with van der Waals surface area (Å²) in [5, 5.41) is 8.10.